The number of fused-ring (bicyclic) bond motifs is 1. The van der Waals surface area contributed by atoms with Gasteiger partial charge in [-0.15, -0.1) is 0 Å². The molecule has 0 unspecified atom stereocenters. The lowest BCUT2D eigenvalue weighted by Gasteiger charge is -2.24. The summed E-state index contributed by atoms with van der Waals surface area (Å²) in [5.41, 5.74) is -10.0. The summed E-state index contributed by atoms with van der Waals surface area (Å²) in [6.45, 7) is 0.893. The van der Waals surface area contributed by atoms with Gasteiger partial charge in [0.25, 0.3) is 0 Å². The van der Waals surface area contributed by atoms with E-state index in [1.165, 1.54) is 6.92 Å². The number of pyridine rings is 1. The van der Waals surface area contributed by atoms with Crippen molar-refractivity contribution in [2.45, 2.75) is 31.2 Å². The number of rotatable bonds is 3. The Morgan fingerprint density at radius 1 is 0.969 bits per heavy atom. The summed E-state index contributed by atoms with van der Waals surface area (Å²) in [4.78, 5) is 4.78. The molecule has 0 bridgehead atoms. The molecule has 1 aromatic carbocycles. The molecule has 2 aromatic rings. The van der Waals surface area contributed by atoms with E-state index >= 15 is 0 Å². The molecule has 0 saturated heterocycles. The number of aromatic nitrogens is 1. The van der Waals surface area contributed by atoms with Crippen LogP contribution in [0.5, 0.6) is 5.75 Å². The topological polar surface area (TPSA) is 59.5 Å². The molecule has 5 nitrogen and oxygen atoms in total. The van der Waals surface area contributed by atoms with Gasteiger partial charge in [-0.25, -0.2) is 4.98 Å². The summed E-state index contributed by atoms with van der Waals surface area (Å²) in [6, 6.07) is 1.76. The predicted molar refractivity (Wildman–Crippen MR) is 91.7 cm³/mol. The molecule has 3 rings (SSSR count). The molecular formula is C17H11F9N2O3S. The molecule has 1 aliphatic rings. The van der Waals surface area contributed by atoms with Crippen LogP contribution in [0.3, 0.4) is 0 Å². The van der Waals surface area contributed by atoms with Crippen LogP contribution in [0, 0.1) is 6.92 Å². The zero-order valence-electron chi connectivity index (χ0n) is 15.7. The van der Waals surface area contributed by atoms with Gasteiger partial charge in [0.05, 0.1) is 16.8 Å². The maximum atomic E-state index is 13.5. The van der Waals surface area contributed by atoms with Crippen molar-refractivity contribution in [2.24, 2.45) is 0 Å². The van der Waals surface area contributed by atoms with Crippen molar-refractivity contribution in [3.63, 3.8) is 0 Å². The highest BCUT2D eigenvalue weighted by Gasteiger charge is 2.49. The third-order valence-electron chi connectivity index (χ3n) is 4.43. The minimum Gasteiger partial charge on any atom is -0.376 e. The van der Waals surface area contributed by atoms with Crippen molar-refractivity contribution in [3.8, 4) is 5.75 Å². The lowest BCUT2D eigenvalue weighted by Crippen LogP contribution is -2.28. The van der Waals surface area contributed by atoms with Crippen molar-refractivity contribution in [2.75, 3.05) is 11.4 Å². The van der Waals surface area contributed by atoms with Gasteiger partial charge in [-0.3, -0.25) is 0 Å². The third kappa shape index (κ3) is 4.42. The highest BCUT2D eigenvalue weighted by atomic mass is 32.2. The second kappa shape index (κ2) is 7.42. The van der Waals surface area contributed by atoms with Gasteiger partial charge in [-0.1, -0.05) is 0 Å². The predicted octanol–water partition coefficient (Wildman–Crippen LogP) is 5.35. The van der Waals surface area contributed by atoms with E-state index in [1.807, 2.05) is 0 Å². The SMILES string of the molecule is Cc1cc(OS(=O)(=O)C(F)(F)F)c2c(n1)N(c1ccc(C(F)(F)F)cc1C(F)(F)F)CC2. The van der Waals surface area contributed by atoms with Crippen molar-refractivity contribution in [1.82, 2.24) is 4.98 Å². The molecule has 15 heteroatoms. The number of anilines is 2. The Hall–Kier alpha value is -2.71. The fraction of sp³-hybridized carbons (Fsp3) is 0.353. The Kier molecular flexibility index (Phi) is 5.55. The fourth-order valence-electron chi connectivity index (χ4n) is 3.09. The van der Waals surface area contributed by atoms with Crippen molar-refractivity contribution >= 4 is 21.6 Å². The van der Waals surface area contributed by atoms with E-state index in [9.17, 15) is 47.9 Å². The minimum atomic E-state index is -6.08. The summed E-state index contributed by atoms with van der Waals surface area (Å²) in [5, 5.41) is 0. The fourth-order valence-corrected chi connectivity index (χ4v) is 3.57. The summed E-state index contributed by atoms with van der Waals surface area (Å²) >= 11 is 0. The summed E-state index contributed by atoms with van der Waals surface area (Å²) < 4.78 is 144. The molecule has 0 aliphatic carbocycles. The van der Waals surface area contributed by atoms with Crippen molar-refractivity contribution < 1.29 is 52.1 Å². The smallest absolute Gasteiger partial charge is 0.376 e. The number of hydrogen-bond acceptors (Lipinski definition) is 5. The lowest BCUT2D eigenvalue weighted by molar-refractivity contribution is -0.142. The van der Waals surface area contributed by atoms with E-state index < -0.39 is 50.5 Å². The van der Waals surface area contributed by atoms with Crippen LogP contribution in [0.15, 0.2) is 24.3 Å². The van der Waals surface area contributed by atoms with Crippen LogP contribution in [0.4, 0.5) is 51.0 Å². The number of halogens is 9. The van der Waals surface area contributed by atoms with Crippen LogP contribution in [0.25, 0.3) is 0 Å². The van der Waals surface area contributed by atoms with Crippen LogP contribution in [-0.4, -0.2) is 25.5 Å². The Balaban J connectivity index is 2.14. The number of hydrogen-bond donors (Lipinski definition) is 0. The van der Waals surface area contributed by atoms with Crippen molar-refractivity contribution in [3.05, 3.63) is 46.6 Å². The van der Waals surface area contributed by atoms with Crippen LogP contribution in [0.1, 0.15) is 22.4 Å². The maximum absolute atomic E-state index is 13.5. The van der Waals surface area contributed by atoms with Gasteiger partial charge in [0.2, 0.25) is 0 Å². The summed E-state index contributed by atoms with van der Waals surface area (Å²) in [5.74, 6) is -1.14. The zero-order chi connectivity index (χ0) is 24.3. The molecule has 32 heavy (non-hydrogen) atoms. The van der Waals surface area contributed by atoms with Gasteiger partial charge in [-0.2, -0.15) is 47.9 Å². The van der Waals surface area contributed by atoms with E-state index in [1.54, 1.807) is 0 Å². The molecule has 0 N–H and O–H groups in total. The molecule has 0 atom stereocenters. The normalized spacial score (nSPS) is 15.1. The van der Waals surface area contributed by atoms with E-state index in [-0.39, 0.29) is 36.1 Å². The quantitative estimate of drug-likeness (QED) is 0.327. The summed E-state index contributed by atoms with van der Waals surface area (Å²) in [7, 11) is -6.08. The minimum absolute atomic E-state index is 0.0886. The van der Waals surface area contributed by atoms with Crippen molar-refractivity contribution in [1.29, 1.82) is 0 Å². The van der Waals surface area contributed by atoms with Gasteiger partial charge < -0.3 is 9.08 Å². The first-order valence-electron chi connectivity index (χ1n) is 8.49. The molecule has 0 radical (unpaired) electrons. The molecule has 2 heterocycles. The van der Waals surface area contributed by atoms with Gasteiger partial charge in [0.15, 0.2) is 5.75 Å². The first-order valence-corrected chi connectivity index (χ1v) is 9.90. The van der Waals surface area contributed by atoms with Gasteiger partial charge in [0, 0.05) is 23.9 Å². The first kappa shape index (κ1) is 23.9. The second-order valence-electron chi connectivity index (χ2n) is 6.68. The van der Waals surface area contributed by atoms with E-state index in [0.29, 0.717) is 12.1 Å². The maximum Gasteiger partial charge on any atom is 0.534 e. The summed E-state index contributed by atoms with van der Waals surface area (Å²) in [6.07, 6.45) is -10.5. The third-order valence-corrected chi connectivity index (χ3v) is 5.40. The molecule has 1 aromatic heterocycles. The molecule has 0 spiro atoms. The molecule has 0 fully saturated rings. The number of aryl methyl sites for hydroxylation is 1. The van der Waals surface area contributed by atoms with Crippen LogP contribution < -0.4 is 9.08 Å². The zero-order valence-corrected chi connectivity index (χ0v) is 16.5. The Morgan fingerprint density at radius 2 is 1.59 bits per heavy atom. The van der Waals surface area contributed by atoms with Gasteiger partial charge >= 0.3 is 28.0 Å². The average molecular weight is 494 g/mol. The highest BCUT2D eigenvalue weighted by Crippen LogP contribution is 2.46. The standard InChI is InChI=1S/C17H11F9N2O3S/c1-8-6-13(31-32(29,30)17(24,25)26)10-4-5-28(14(10)27-8)12-3-2-9(15(18,19)20)7-11(12)16(21,22)23/h2-3,6-7H,4-5H2,1H3. The average Bonchev–Trinajstić information content (AvgIpc) is 3.02. The van der Waals surface area contributed by atoms with Crippen LogP contribution in [0.2, 0.25) is 0 Å². The monoisotopic (exact) mass is 494 g/mol. The van der Waals surface area contributed by atoms with E-state index in [0.717, 1.165) is 11.0 Å². The first-order chi connectivity index (χ1) is 14.4. The number of benzene rings is 1. The van der Waals surface area contributed by atoms with Crippen LogP contribution in [-0.2, 0) is 28.9 Å². The Labute approximate surface area is 174 Å². The van der Waals surface area contributed by atoms with Crippen LogP contribution >= 0.6 is 0 Å². The van der Waals surface area contributed by atoms with E-state index in [4.69, 9.17) is 0 Å². The van der Waals surface area contributed by atoms with E-state index in [2.05, 4.69) is 9.17 Å². The molecule has 0 amide bonds. The lowest BCUT2D eigenvalue weighted by atomic mass is 10.1. The molecular weight excluding hydrogens is 483 g/mol. The Bertz CT molecular complexity index is 1160. The number of nitrogens with zero attached hydrogens (tertiary/aromatic N) is 2. The number of alkyl halides is 9. The van der Waals surface area contributed by atoms with Gasteiger partial charge in [0.1, 0.15) is 5.82 Å². The molecule has 1 aliphatic heterocycles. The molecule has 176 valence electrons. The second-order valence-corrected chi connectivity index (χ2v) is 8.21. The largest absolute Gasteiger partial charge is 0.534 e. The van der Waals surface area contributed by atoms with Gasteiger partial charge in [-0.05, 0) is 31.5 Å². The highest BCUT2D eigenvalue weighted by molar-refractivity contribution is 7.88. The molecule has 0 saturated carbocycles. The Morgan fingerprint density at radius 3 is 2.12 bits per heavy atom.